The number of hydrogen-bond donors (Lipinski definition) is 0. The van der Waals surface area contributed by atoms with Crippen LogP contribution in [-0.4, -0.2) is 50.2 Å². The lowest BCUT2D eigenvalue weighted by Gasteiger charge is -2.29. The number of nitrogens with zero attached hydrogens (tertiary/aromatic N) is 1. The summed E-state index contributed by atoms with van der Waals surface area (Å²) in [6.07, 6.45) is -5.16. The standard InChI is InChI=1S/C11H21NO4/c1-5-6-11(15)16-9(7-10(13)14)8-12(2,3)4/h9H,5-8H2,1-4H3/i7D2,9D. The van der Waals surface area contributed by atoms with E-state index in [1.54, 1.807) is 28.1 Å². The van der Waals surface area contributed by atoms with Gasteiger partial charge in [-0.2, -0.15) is 0 Å². The summed E-state index contributed by atoms with van der Waals surface area (Å²) in [6, 6.07) is 0. The first-order valence-electron chi connectivity index (χ1n) is 6.59. The largest absolute Gasteiger partial charge is 0.550 e. The van der Waals surface area contributed by atoms with Crippen LogP contribution in [0.2, 0.25) is 0 Å². The lowest BCUT2D eigenvalue weighted by atomic mass is 10.2. The molecule has 5 nitrogen and oxygen atoms in total. The highest BCUT2D eigenvalue weighted by Gasteiger charge is 2.21. The maximum atomic E-state index is 11.5. The average Bonchev–Trinajstić information content (AvgIpc) is 2.13. The number of carboxylic acid groups (broad SMARTS) is 1. The van der Waals surface area contributed by atoms with Crippen molar-refractivity contribution in [2.24, 2.45) is 0 Å². The molecule has 0 N–H and O–H groups in total. The van der Waals surface area contributed by atoms with Crippen LogP contribution in [0.4, 0.5) is 0 Å². The Bertz CT molecular complexity index is 354. The number of esters is 1. The third kappa shape index (κ3) is 8.23. The van der Waals surface area contributed by atoms with Gasteiger partial charge in [-0.05, 0) is 6.42 Å². The van der Waals surface area contributed by atoms with E-state index >= 15 is 0 Å². The lowest BCUT2D eigenvalue weighted by molar-refractivity contribution is -0.873. The Labute approximate surface area is 101 Å². The molecule has 0 aliphatic carbocycles. The molecule has 0 saturated carbocycles. The molecule has 0 aromatic rings. The van der Waals surface area contributed by atoms with E-state index in [1.165, 1.54) is 0 Å². The zero-order chi connectivity index (χ0) is 15.5. The van der Waals surface area contributed by atoms with Gasteiger partial charge in [-0.15, -0.1) is 0 Å². The monoisotopic (exact) mass is 234 g/mol. The number of quaternary nitrogens is 1. The van der Waals surface area contributed by atoms with Crippen LogP contribution in [0.25, 0.3) is 0 Å². The third-order valence-electron chi connectivity index (χ3n) is 1.55. The van der Waals surface area contributed by atoms with Crippen LogP contribution in [0, 0.1) is 0 Å². The summed E-state index contributed by atoms with van der Waals surface area (Å²) in [5.74, 6) is -2.86. The molecule has 5 heteroatoms. The van der Waals surface area contributed by atoms with Crippen molar-refractivity contribution in [2.75, 3.05) is 27.7 Å². The molecular weight excluding hydrogens is 210 g/mol. The number of carboxylic acids is 1. The van der Waals surface area contributed by atoms with Gasteiger partial charge in [0, 0.05) is 21.5 Å². The SMILES string of the molecule is [2H]C(C[N+](C)(C)C)(OC(=O)CCC)C([2H])([2H])C(=O)[O-]. The molecule has 0 aromatic heterocycles. The second-order valence-electron chi connectivity index (χ2n) is 4.51. The second-order valence-corrected chi connectivity index (χ2v) is 4.51. The van der Waals surface area contributed by atoms with E-state index in [0.29, 0.717) is 6.42 Å². The van der Waals surface area contributed by atoms with E-state index in [9.17, 15) is 14.7 Å². The predicted molar refractivity (Wildman–Crippen MR) is 57.3 cm³/mol. The van der Waals surface area contributed by atoms with Crippen molar-refractivity contribution in [3.8, 4) is 0 Å². The van der Waals surface area contributed by atoms with Gasteiger partial charge < -0.3 is 19.1 Å². The highest BCUT2D eigenvalue weighted by Crippen LogP contribution is 2.06. The smallest absolute Gasteiger partial charge is 0.306 e. The van der Waals surface area contributed by atoms with Crippen LogP contribution in [-0.2, 0) is 14.3 Å². The summed E-state index contributed by atoms with van der Waals surface area (Å²) in [4.78, 5) is 22.4. The van der Waals surface area contributed by atoms with Crippen molar-refractivity contribution in [1.29, 1.82) is 0 Å². The Kier molecular flexibility index (Phi) is 4.08. The molecule has 0 aromatic carbocycles. The number of hydrogen-bond acceptors (Lipinski definition) is 4. The molecule has 0 radical (unpaired) electrons. The Morgan fingerprint density at radius 2 is 2.06 bits per heavy atom. The second kappa shape index (κ2) is 6.48. The van der Waals surface area contributed by atoms with E-state index in [0.717, 1.165) is 0 Å². The Morgan fingerprint density at radius 3 is 2.44 bits per heavy atom. The van der Waals surface area contributed by atoms with Crippen LogP contribution in [0.3, 0.4) is 0 Å². The van der Waals surface area contributed by atoms with Crippen molar-refractivity contribution >= 4 is 11.9 Å². The summed E-state index contributed by atoms with van der Waals surface area (Å²) >= 11 is 0. The van der Waals surface area contributed by atoms with E-state index in [1.807, 2.05) is 0 Å². The van der Waals surface area contributed by atoms with Crippen LogP contribution >= 0.6 is 0 Å². The molecule has 1 unspecified atom stereocenters. The first-order chi connectivity index (χ1) is 8.35. The Balaban J connectivity index is 5.36. The van der Waals surface area contributed by atoms with Gasteiger partial charge in [0.1, 0.15) is 6.54 Å². The highest BCUT2D eigenvalue weighted by atomic mass is 16.5. The van der Waals surface area contributed by atoms with Crippen LogP contribution < -0.4 is 5.11 Å². The molecule has 0 aliphatic heterocycles. The molecule has 0 heterocycles. The van der Waals surface area contributed by atoms with Crippen molar-refractivity contribution in [1.82, 2.24) is 0 Å². The minimum absolute atomic E-state index is 0.000893. The minimum atomic E-state index is -3.10. The van der Waals surface area contributed by atoms with Crippen molar-refractivity contribution in [3.63, 3.8) is 0 Å². The number of likely N-dealkylation sites (N-methyl/N-ethyl adjacent to an activating group) is 1. The molecule has 16 heavy (non-hydrogen) atoms. The first kappa shape index (κ1) is 10.1. The highest BCUT2D eigenvalue weighted by molar-refractivity contribution is 5.70. The van der Waals surface area contributed by atoms with Gasteiger partial charge in [0.2, 0.25) is 0 Å². The summed E-state index contributed by atoms with van der Waals surface area (Å²) in [5, 5.41) is 10.9. The topological polar surface area (TPSA) is 66.4 Å². The summed E-state index contributed by atoms with van der Waals surface area (Å²) in [5.41, 5.74) is 0. The van der Waals surface area contributed by atoms with Crippen molar-refractivity contribution in [3.05, 3.63) is 0 Å². The van der Waals surface area contributed by atoms with Gasteiger partial charge in [-0.3, -0.25) is 4.79 Å². The van der Waals surface area contributed by atoms with E-state index in [2.05, 4.69) is 0 Å². The molecule has 0 fully saturated rings. The molecule has 0 rings (SSSR count). The summed E-state index contributed by atoms with van der Waals surface area (Å²) in [6.45, 7) is 1.41. The Hall–Kier alpha value is -1.10. The lowest BCUT2D eigenvalue weighted by Crippen LogP contribution is -2.45. The van der Waals surface area contributed by atoms with Gasteiger partial charge >= 0.3 is 5.97 Å². The zero-order valence-corrected chi connectivity index (χ0v) is 10.2. The number of carbonyl (C=O) groups is 2. The van der Waals surface area contributed by atoms with Crippen molar-refractivity contribution < 1.29 is 28.0 Å². The fraction of sp³-hybridized carbons (Fsp3) is 0.818. The van der Waals surface area contributed by atoms with Crippen LogP contribution in [0.15, 0.2) is 0 Å². The fourth-order valence-electron chi connectivity index (χ4n) is 1.03. The van der Waals surface area contributed by atoms with Crippen LogP contribution in [0.5, 0.6) is 0 Å². The van der Waals surface area contributed by atoms with E-state index in [4.69, 9.17) is 8.85 Å². The molecule has 0 saturated heterocycles. The molecule has 0 aliphatic rings. The molecular formula is C11H21NO4. The summed E-state index contributed by atoms with van der Waals surface area (Å²) < 4.78 is 27.8. The Morgan fingerprint density at radius 1 is 1.50 bits per heavy atom. The van der Waals surface area contributed by atoms with Crippen LogP contribution in [0.1, 0.15) is 30.3 Å². The summed E-state index contributed by atoms with van der Waals surface area (Å²) in [7, 11) is 4.92. The zero-order valence-electron chi connectivity index (χ0n) is 13.2. The molecule has 0 spiro atoms. The molecule has 0 bridgehead atoms. The van der Waals surface area contributed by atoms with Gasteiger partial charge in [0.05, 0.1) is 22.5 Å². The minimum Gasteiger partial charge on any atom is -0.550 e. The van der Waals surface area contributed by atoms with Gasteiger partial charge in [-0.25, -0.2) is 0 Å². The number of carbonyl (C=O) groups excluding carboxylic acids is 2. The van der Waals surface area contributed by atoms with E-state index < -0.39 is 24.4 Å². The van der Waals surface area contributed by atoms with Gasteiger partial charge in [0.15, 0.2) is 6.08 Å². The molecule has 94 valence electrons. The average molecular weight is 234 g/mol. The predicted octanol–water partition coefficient (Wildman–Crippen LogP) is -0.455. The van der Waals surface area contributed by atoms with Crippen molar-refractivity contribution in [2.45, 2.75) is 32.2 Å². The molecule has 0 amide bonds. The molecule has 1 atom stereocenters. The maximum Gasteiger partial charge on any atom is 0.306 e. The number of rotatable bonds is 7. The quantitative estimate of drug-likeness (QED) is 0.442. The van der Waals surface area contributed by atoms with Gasteiger partial charge in [0.25, 0.3) is 0 Å². The van der Waals surface area contributed by atoms with Gasteiger partial charge in [-0.1, -0.05) is 6.92 Å². The number of aliphatic carboxylic acids is 1. The first-order valence-corrected chi connectivity index (χ1v) is 5.09. The number of ether oxygens (including phenoxy) is 1. The third-order valence-corrected chi connectivity index (χ3v) is 1.55. The maximum absolute atomic E-state index is 11.5. The normalized spacial score (nSPS) is 18.9. The van der Waals surface area contributed by atoms with E-state index in [-0.39, 0.29) is 17.4 Å². The fourth-order valence-corrected chi connectivity index (χ4v) is 1.03.